The molecule has 6 nitrogen and oxygen atoms in total. The SMILES string of the molecule is COc1cc(Cl)cc2c1C(=O)N(C1CCC(=O)NC1=O)C2. The summed E-state index contributed by atoms with van der Waals surface area (Å²) in [4.78, 5) is 37.1. The Morgan fingerprint density at radius 1 is 1.33 bits per heavy atom. The summed E-state index contributed by atoms with van der Waals surface area (Å²) >= 11 is 6.00. The van der Waals surface area contributed by atoms with Crippen LogP contribution in [0.5, 0.6) is 5.75 Å². The van der Waals surface area contributed by atoms with Gasteiger partial charge in [-0.1, -0.05) is 11.6 Å². The van der Waals surface area contributed by atoms with Crippen molar-refractivity contribution in [3.63, 3.8) is 0 Å². The predicted octanol–water partition coefficient (Wildman–Crippen LogP) is 1.11. The number of amides is 3. The normalized spacial score (nSPS) is 21.3. The van der Waals surface area contributed by atoms with E-state index in [1.807, 2.05) is 0 Å². The van der Waals surface area contributed by atoms with Gasteiger partial charge in [0.15, 0.2) is 0 Å². The van der Waals surface area contributed by atoms with E-state index in [0.29, 0.717) is 22.8 Å². The molecule has 2 aliphatic rings. The zero-order valence-electron chi connectivity index (χ0n) is 11.3. The maximum atomic E-state index is 12.6. The first kappa shape index (κ1) is 13.9. The van der Waals surface area contributed by atoms with Crippen molar-refractivity contribution in [3.8, 4) is 5.75 Å². The number of hydrogen-bond donors (Lipinski definition) is 1. The molecule has 1 N–H and O–H groups in total. The Morgan fingerprint density at radius 2 is 2.10 bits per heavy atom. The van der Waals surface area contributed by atoms with Crippen molar-refractivity contribution in [2.45, 2.75) is 25.4 Å². The molecule has 7 heteroatoms. The molecular formula is C14H13ClN2O4. The third-order valence-electron chi connectivity index (χ3n) is 3.77. The van der Waals surface area contributed by atoms with Gasteiger partial charge >= 0.3 is 0 Å². The highest BCUT2D eigenvalue weighted by molar-refractivity contribution is 6.31. The van der Waals surface area contributed by atoms with Crippen LogP contribution in [0.3, 0.4) is 0 Å². The lowest BCUT2D eigenvalue weighted by atomic mass is 10.0. The van der Waals surface area contributed by atoms with Crippen LogP contribution >= 0.6 is 11.6 Å². The number of piperidine rings is 1. The predicted molar refractivity (Wildman–Crippen MR) is 74.0 cm³/mol. The number of rotatable bonds is 2. The van der Waals surface area contributed by atoms with Gasteiger partial charge in [-0.25, -0.2) is 0 Å². The third-order valence-corrected chi connectivity index (χ3v) is 3.99. The lowest BCUT2D eigenvalue weighted by Crippen LogP contribution is -2.52. The average Bonchev–Trinajstić information content (AvgIpc) is 2.75. The molecular weight excluding hydrogens is 296 g/mol. The number of hydrogen-bond acceptors (Lipinski definition) is 4. The van der Waals surface area contributed by atoms with E-state index >= 15 is 0 Å². The minimum absolute atomic E-state index is 0.231. The van der Waals surface area contributed by atoms with Crippen molar-refractivity contribution < 1.29 is 19.1 Å². The van der Waals surface area contributed by atoms with Crippen LogP contribution in [0.15, 0.2) is 12.1 Å². The van der Waals surface area contributed by atoms with Gasteiger partial charge in [0.2, 0.25) is 11.8 Å². The number of methoxy groups -OCH3 is 1. The summed E-state index contributed by atoms with van der Waals surface area (Å²) < 4.78 is 5.20. The Labute approximate surface area is 126 Å². The van der Waals surface area contributed by atoms with Gasteiger partial charge in [0.05, 0.1) is 12.7 Å². The highest BCUT2D eigenvalue weighted by Gasteiger charge is 2.40. The first-order chi connectivity index (χ1) is 10.0. The maximum Gasteiger partial charge on any atom is 0.258 e. The first-order valence-corrected chi connectivity index (χ1v) is 6.90. The van der Waals surface area contributed by atoms with Crippen molar-refractivity contribution in [3.05, 3.63) is 28.3 Å². The van der Waals surface area contributed by atoms with E-state index in [0.717, 1.165) is 5.56 Å². The van der Waals surface area contributed by atoms with Gasteiger partial charge in [-0.15, -0.1) is 0 Å². The number of carbonyl (C=O) groups is 3. The fraction of sp³-hybridized carbons (Fsp3) is 0.357. The summed E-state index contributed by atoms with van der Waals surface area (Å²) in [5, 5.41) is 2.74. The van der Waals surface area contributed by atoms with Crippen LogP contribution in [-0.2, 0) is 16.1 Å². The molecule has 1 aromatic carbocycles. The van der Waals surface area contributed by atoms with Crippen LogP contribution < -0.4 is 10.1 Å². The van der Waals surface area contributed by atoms with E-state index in [9.17, 15) is 14.4 Å². The number of imide groups is 1. The molecule has 2 aliphatic heterocycles. The molecule has 110 valence electrons. The van der Waals surface area contributed by atoms with Crippen LogP contribution in [0.25, 0.3) is 0 Å². The van der Waals surface area contributed by atoms with Crippen LogP contribution in [0, 0.1) is 0 Å². The van der Waals surface area contributed by atoms with Gasteiger partial charge in [0.25, 0.3) is 5.91 Å². The van der Waals surface area contributed by atoms with Gasteiger partial charge in [0.1, 0.15) is 11.8 Å². The second kappa shape index (κ2) is 5.04. The van der Waals surface area contributed by atoms with Gasteiger partial charge in [-0.05, 0) is 24.1 Å². The molecule has 2 heterocycles. The Kier molecular flexibility index (Phi) is 3.33. The van der Waals surface area contributed by atoms with E-state index in [4.69, 9.17) is 16.3 Å². The highest BCUT2D eigenvalue weighted by Crippen LogP contribution is 2.35. The van der Waals surface area contributed by atoms with E-state index < -0.39 is 11.9 Å². The summed E-state index contributed by atoms with van der Waals surface area (Å²) in [6.45, 7) is 0.289. The molecule has 0 bridgehead atoms. The summed E-state index contributed by atoms with van der Waals surface area (Å²) in [7, 11) is 1.47. The monoisotopic (exact) mass is 308 g/mol. The van der Waals surface area contributed by atoms with Crippen molar-refractivity contribution >= 4 is 29.3 Å². The minimum atomic E-state index is -0.633. The van der Waals surface area contributed by atoms with Gasteiger partial charge in [-0.2, -0.15) is 0 Å². The number of ether oxygens (including phenoxy) is 1. The first-order valence-electron chi connectivity index (χ1n) is 6.52. The molecule has 21 heavy (non-hydrogen) atoms. The van der Waals surface area contributed by atoms with Gasteiger partial charge in [-0.3, -0.25) is 19.7 Å². The van der Waals surface area contributed by atoms with Crippen molar-refractivity contribution in [1.29, 1.82) is 0 Å². The lowest BCUT2D eigenvalue weighted by molar-refractivity contribution is -0.136. The Hall–Kier alpha value is -2.08. The van der Waals surface area contributed by atoms with Crippen LogP contribution in [0.2, 0.25) is 5.02 Å². The van der Waals surface area contributed by atoms with Gasteiger partial charge < -0.3 is 9.64 Å². The fourth-order valence-electron chi connectivity index (χ4n) is 2.79. The summed E-state index contributed by atoms with van der Waals surface area (Å²) in [5.41, 5.74) is 1.17. The van der Waals surface area contributed by atoms with E-state index in [2.05, 4.69) is 5.32 Å². The largest absolute Gasteiger partial charge is 0.496 e. The molecule has 0 aromatic heterocycles. The van der Waals surface area contributed by atoms with Crippen molar-refractivity contribution in [2.75, 3.05) is 7.11 Å². The number of carbonyl (C=O) groups excluding carboxylic acids is 3. The molecule has 0 saturated carbocycles. The lowest BCUT2D eigenvalue weighted by Gasteiger charge is -2.29. The van der Waals surface area contributed by atoms with Crippen LogP contribution in [0.1, 0.15) is 28.8 Å². The number of nitrogens with one attached hydrogen (secondary N) is 1. The standard InChI is InChI=1S/C14H13ClN2O4/c1-21-10-5-8(15)4-7-6-17(14(20)12(7)10)9-2-3-11(18)16-13(9)19/h4-5,9H,2-3,6H2,1H3,(H,16,18,19). The van der Waals surface area contributed by atoms with Crippen LogP contribution in [-0.4, -0.2) is 35.8 Å². The second-order valence-corrected chi connectivity index (χ2v) is 5.48. The number of halogens is 1. The molecule has 3 amide bonds. The van der Waals surface area contributed by atoms with E-state index in [1.165, 1.54) is 12.0 Å². The Bertz CT molecular complexity index is 659. The molecule has 0 spiro atoms. The zero-order chi connectivity index (χ0) is 15.1. The van der Waals surface area contributed by atoms with Crippen molar-refractivity contribution in [2.24, 2.45) is 0 Å². The summed E-state index contributed by atoms with van der Waals surface area (Å²) in [6, 6.07) is 2.64. The summed E-state index contributed by atoms with van der Waals surface area (Å²) in [5.74, 6) is -0.608. The Balaban J connectivity index is 1.94. The summed E-state index contributed by atoms with van der Waals surface area (Å²) in [6.07, 6.45) is 0.564. The molecule has 3 rings (SSSR count). The third kappa shape index (κ3) is 2.25. The van der Waals surface area contributed by atoms with Crippen molar-refractivity contribution in [1.82, 2.24) is 10.2 Å². The molecule has 1 unspecified atom stereocenters. The molecule has 0 radical (unpaired) electrons. The molecule has 0 aliphatic carbocycles. The molecule has 1 saturated heterocycles. The molecule has 1 aromatic rings. The maximum absolute atomic E-state index is 12.6. The van der Waals surface area contributed by atoms with Crippen LogP contribution in [0.4, 0.5) is 0 Å². The second-order valence-electron chi connectivity index (χ2n) is 5.04. The number of fused-ring (bicyclic) bond motifs is 1. The molecule has 1 fully saturated rings. The zero-order valence-corrected chi connectivity index (χ0v) is 12.1. The number of benzene rings is 1. The topological polar surface area (TPSA) is 75.7 Å². The fourth-order valence-corrected chi connectivity index (χ4v) is 3.03. The average molecular weight is 309 g/mol. The minimum Gasteiger partial charge on any atom is -0.496 e. The van der Waals surface area contributed by atoms with Gasteiger partial charge in [0, 0.05) is 18.0 Å². The quantitative estimate of drug-likeness (QED) is 0.830. The van der Waals surface area contributed by atoms with E-state index in [-0.39, 0.29) is 24.8 Å². The molecule has 1 atom stereocenters. The smallest absolute Gasteiger partial charge is 0.258 e. The number of nitrogens with zero attached hydrogens (tertiary/aromatic N) is 1. The Morgan fingerprint density at radius 3 is 2.76 bits per heavy atom. The van der Waals surface area contributed by atoms with E-state index in [1.54, 1.807) is 12.1 Å². The highest BCUT2D eigenvalue weighted by atomic mass is 35.5.